The zero-order chi connectivity index (χ0) is 17.6. The smallest absolute Gasteiger partial charge is 0.191 e. The zero-order valence-electron chi connectivity index (χ0n) is 14.7. The third-order valence-corrected chi connectivity index (χ3v) is 4.70. The minimum atomic E-state index is -0.0620. The van der Waals surface area contributed by atoms with Crippen molar-refractivity contribution in [2.45, 2.75) is 12.6 Å². The summed E-state index contributed by atoms with van der Waals surface area (Å²) in [6, 6.07) is 7.70. The summed E-state index contributed by atoms with van der Waals surface area (Å²) >= 11 is 1.62. The molecule has 3 rings (SSSR count). The molecule has 1 aromatic carbocycles. The van der Waals surface area contributed by atoms with E-state index in [0.29, 0.717) is 25.7 Å². The molecule has 25 heavy (non-hydrogen) atoms. The van der Waals surface area contributed by atoms with Crippen LogP contribution in [0.5, 0.6) is 11.5 Å². The van der Waals surface area contributed by atoms with E-state index in [9.17, 15) is 0 Å². The number of aromatic nitrogens is 1. The molecule has 2 aromatic rings. The van der Waals surface area contributed by atoms with Crippen molar-refractivity contribution in [3.05, 3.63) is 35.3 Å². The predicted molar refractivity (Wildman–Crippen MR) is 101 cm³/mol. The van der Waals surface area contributed by atoms with Crippen molar-refractivity contribution < 1.29 is 9.47 Å². The molecule has 2 N–H and O–H groups in total. The van der Waals surface area contributed by atoms with Crippen LogP contribution >= 0.6 is 11.3 Å². The van der Waals surface area contributed by atoms with Gasteiger partial charge in [0.15, 0.2) is 22.6 Å². The number of para-hydroxylation sites is 2. The third kappa shape index (κ3) is 4.54. The van der Waals surface area contributed by atoms with Gasteiger partial charge in [0.25, 0.3) is 0 Å². The van der Waals surface area contributed by atoms with Gasteiger partial charge in [0.2, 0.25) is 0 Å². The van der Waals surface area contributed by atoms with Gasteiger partial charge in [-0.15, -0.1) is 11.3 Å². The summed E-state index contributed by atoms with van der Waals surface area (Å²) < 4.78 is 11.7. The van der Waals surface area contributed by atoms with Crippen LogP contribution in [0.2, 0.25) is 0 Å². The predicted octanol–water partition coefficient (Wildman–Crippen LogP) is 1.71. The lowest BCUT2D eigenvalue weighted by molar-refractivity contribution is 0.0936. The Morgan fingerprint density at radius 1 is 1.32 bits per heavy atom. The summed E-state index contributed by atoms with van der Waals surface area (Å²) in [6.45, 7) is 1.74. The first-order valence-corrected chi connectivity index (χ1v) is 8.98. The SMILES string of the molecule is CN=C(NCc1csc(N(C)C)n1)NCC1COc2ccccc2O1. The number of benzene rings is 1. The number of anilines is 1. The Morgan fingerprint density at radius 3 is 2.84 bits per heavy atom. The van der Waals surface area contributed by atoms with Gasteiger partial charge in [-0.2, -0.15) is 0 Å². The van der Waals surface area contributed by atoms with E-state index < -0.39 is 0 Å². The van der Waals surface area contributed by atoms with E-state index in [-0.39, 0.29) is 6.10 Å². The molecule has 8 heteroatoms. The summed E-state index contributed by atoms with van der Waals surface area (Å²) in [5.41, 5.74) is 0.989. The topological polar surface area (TPSA) is 71.0 Å². The number of nitrogens with one attached hydrogen (secondary N) is 2. The molecule has 0 bridgehead atoms. The average Bonchev–Trinajstić information content (AvgIpc) is 3.11. The Bertz CT molecular complexity index is 731. The van der Waals surface area contributed by atoms with Gasteiger partial charge in [0.1, 0.15) is 12.7 Å². The summed E-state index contributed by atoms with van der Waals surface area (Å²) in [6.07, 6.45) is -0.0620. The molecule has 1 aliphatic heterocycles. The minimum Gasteiger partial charge on any atom is -0.486 e. The summed E-state index contributed by atoms with van der Waals surface area (Å²) in [5.74, 6) is 2.28. The fraction of sp³-hybridized carbons (Fsp3) is 0.412. The maximum absolute atomic E-state index is 5.93. The molecule has 1 atom stereocenters. The number of ether oxygens (including phenoxy) is 2. The fourth-order valence-corrected chi connectivity index (χ4v) is 3.11. The number of hydrogen-bond acceptors (Lipinski definition) is 6. The van der Waals surface area contributed by atoms with Crippen LogP contribution in [0.1, 0.15) is 5.69 Å². The van der Waals surface area contributed by atoms with Gasteiger partial charge in [-0.3, -0.25) is 4.99 Å². The van der Waals surface area contributed by atoms with Gasteiger partial charge in [0.05, 0.1) is 18.8 Å². The highest BCUT2D eigenvalue weighted by Crippen LogP contribution is 2.30. The quantitative estimate of drug-likeness (QED) is 0.624. The maximum atomic E-state index is 5.93. The van der Waals surface area contributed by atoms with Gasteiger partial charge in [0, 0.05) is 26.5 Å². The number of fused-ring (bicyclic) bond motifs is 1. The molecule has 0 saturated carbocycles. The molecule has 0 radical (unpaired) electrons. The highest BCUT2D eigenvalue weighted by atomic mass is 32.1. The number of aliphatic imine (C=N–C) groups is 1. The summed E-state index contributed by atoms with van der Waals surface area (Å²) in [4.78, 5) is 10.8. The molecule has 1 aliphatic rings. The van der Waals surface area contributed by atoms with Crippen molar-refractivity contribution >= 4 is 22.4 Å². The average molecular weight is 361 g/mol. The van der Waals surface area contributed by atoms with Crippen molar-refractivity contribution in [2.75, 3.05) is 39.2 Å². The Kier molecular flexibility index (Phi) is 5.60. The van der Waals surface area contributed by atoms with Crippen LogP contribution in [0.3, 0.4) is 0 Å². The standard InChI is InChI=1S/C17H23N5O2S/c1-18-16(19-8-12-11-25-17(21-12)22(2)3)20-9-13-10-23-14-6-4-5-7-15(14)24-13/h4-7,11,13H,8-10H2,1-3H3,(H2,18,19,20). The summed E-state index contributed by atoms with van der Waals surface area (Å²) in [7, 11) is 5.72. The molecule has 2 heterocycles. The second kappa shape index (κ2) is 8.06. The number of thiazole rings is 1. The molecule has 1 aromatic heterocycles. The monoisotopic (exact) mass is 361 g/mol. The highest BCUT2D eigenvalue weighted by Gasteiger charge is 2.20. The first kappa shape index (κ1) is 17.3. The first-order valence-electron chi connectivity index (χ1n) is 8.10. The van der Waals surface area contributed by atoms with Crippen LogP contribution in [0.15, 0.2) is 34.6 Å². The molecule has 7 nitrogen and oxygen atoms in total. The van der Waals surface area contributed by atoms with Gasteiger partial charge < -0.3 is 25.0 Å². The van der Waals surface area contributed by atoms with E-state index in [1.54, 1.807) is 18.4 Å². The third-order valence-electron chi connectivity index (χ3n) is 3.65. The van der Waals surface area contributed by atoms with E-state index in [1.807, 2.05) is 48.6 Å². The van der Waals surface area contributed by atoms with Crippen LogP contribution in [0.25, 0.3) is 0 Å². The van der Waals surface area contributed by atoms with Crippen molar-refractivity contribution in [1.82, 2.24) is 15.6 Å². The zero-order valence-corrected chi connectivity index (χ0v) is 15.5. The van der Waals surface area contributed by atoms with Crippen molar-refractivity contribution in [3.8, 4) is 11.5 Å². The molecular weight excluding hydrogens is 338 g/mol. The van der Waals surface area contributed by atoms with Crippen molar-refractivity contribution in [1.29, 1.82) is 0 Å². The van der Waals surface area contributed by atoms with E-state index in [1.165, 1.54) is 0 Å². The van der Waals surface area contributed by atoms with E-state index >= 15 is 0 Å². The Balaban J connectivity index is 1.46. The van der Waals surface area contributed by atoms with Crippen LogP contribution in [0, 0.1) is 0 Å². The Hall–Kier alpha value is -2.48. The van der Waals surface area contributed by atoms with E-state index in [4.69, 9.17) is 9.47 Å². The molecular formula is C17H23N5O2S. The van der Waals surface area contributed by atoms with Gasteiger partial charge in [-0.25, -0.2) is 4.98 Å². The lowest BCUT2D eigenvalue weighted by atomic mass is 10.2. The molecule has 134 valence electrons. The summed E-state index contributed by atoms with van der Waals surface area (Å²) in [5, 5.41) is 9.57. The minimum absolute atomic E-state index is 0.0620. The molecule has 0 fully saturated rings. The second-order valence-electron chi connectivity index (χ2n) is 5.82. The Labute approximate surface area is 151 Å². The number of guanidine groups is 1. The number of nitrogens with zero attached hydrogens (tertiary/aromatic N) is 3. The van der Waals surface area contributed by atoms with Crippen LogP contribution in [-0.4, -0.2) is 51.3 Å². The molecule has 0 saturated heterocycles. The largest absolute Gasteiger partial charge is 0.486 e. The molecule has 0 amide bonds. The first-order chi connectivity index (χ1) is 12.2. The maximum Gasteiger partial charge on any atom is 0.191 e. The molecule has 0 spiro atoms. The lowest BCUT2D eigenvalue weighted by Crippen LogP contribution is -2.45. The fourth-order valence-electron chi connectivity index (χ4n) is 2.35. The van der Waals surface area contributed by atoms with Gasteiger partial charge in [-0.1, -0.05) is 12.1 Å². The number of hydrogen-bond donors (Lipinski definition) is 2. The number of rotatable bonds is 5. The Morgan fingerprint density at radius 2 is 2.12 bits per heavy atom. The van der Waals surface area contributed by atoms with Crippen LogP contribution in [0.4, 0.5) is 5.13 Å². The van der Waals surface area contributed by atoms with Gasteiger partial charge >= 0.3 is 0 Å². The van der Waals surface area contributed by atoms with Crippen molar-refractivity contribution in [3.63, 3.8) is 0 Å². The van der Waals surface area contributed by atoms with Crippen LogP contribution in [-0.2, 0) is 6.54 Å². The van der Waals surface area contributed by atoms with E-state index in [0.717, 1.165) is 22.3 Å². The lowest BCUT2D eigenvalue weighted by Gasteiger charge is -2.27. The highest BCUT2D eigenvalue weighted by molar-refractivity contribution is 7.13. The van der Waals surface area contributed by atoms with Crippen LogP contribution < -0.4 is 25.0 Å². The molecule has 1 unspecified atom stereocenters. The normalized spacial score (nSPS) is 16.4. The van der Waals surface area contributed by atoms with Crippen molar-refractivity contribution in [2.24, 2.45) is 4.99 Å². The second-order valence-corrected chi connectivity index (χ2v) is 6.66. The van der Waals surface area contributed by atoms with E-state index in [2.05, 4.69) is 20.6 Å². The van der Waals surface area contributed by atoms with Gasteiger partial charge in [-0.05, 0) is 12.1 Å². The molecule has 0 aliphatic carbocycles.